The zero-order valence-electron chi connectivity index (χ0n) is 15.0. The molecule has 6 heteroatoms. The molecule has 138 valence electrons. The lowest BCUT2D eigenvalue weighted by Gasteiger charge is -2.22. The summed E-state index contributed by atoms with van der Waals surface area (Å²) >= 11 is 0. The predicted octanol–water partition coefficient (Wildman–Crippen LogP) is 4.34. The Hall–Kier alpha value is -2.63. The maximum absolute atomic E-state index is 13.3. The molecule has 3 rings (SSSR count). The van der Waals surface area contributed by atoms with Gasteiger partial charge in [-0.1, -0.05) is 19.1 Å². The monoisotopic (exact) mass is 357 g/mol. The smallest absolute Gasteiger partial charge is 0.317 e. The van der Waals surface area contributed by atoms with Gasteiger partial charge in [-0.25, -0.2) is 14.2 Å². The van der Waals surface area contributed by atoms with Crippen LogP contribution in [0.2, 0.25) is 0 Å². The van der Waals surface area contributed by atoms with Gasteiger partial charge in [-0.05, 0) is 43.4 Å². The normalized spacial score (nSPS) is 13.3. The van der Waals surface area contributed by atoms with Gasteiger partial charge in [0.05, 0.1) is 0 Å². The van der Waals surface area contributed by atoms with Crippen LogP contribution in [0.3, 0.4) is 0 Å². The van der Waals surface area contributed by atoms with Gasteiger partial charge >= 0.3 is 6.03 Å². The Kier molecular flexibility index (Phi) is 6.04. The van der Waals surface area contributed by atoms with Gasteiger partial charge in [0.15, 0.2) is 0 Å². The number of rotatable bonds is 8. The third kappa shape index (κ3) is 5.18. The second kappa shape index (κ2) is 8.65. The zero-order valence-corrected chi connectivity index (χ0v) is 15.0. The summed E-state index contributed by atoms with van der Waals surface area (Å²) in [4.78, 5) is 18.6. The van der Waals surface area contributed by atoms with E-state index in [0.717, 1.165) is 25.1 Å². The minimum absolute atomic E-state index is 0.0701. The molecule has 26 heavy (non-hydrogen) atoms. The van der Waals surface area contributed by atoms with Crippen molar-refractivity contribution in [2.45, 2.75) is 32.7 Å². The average Bonchev–Trinajstić information content (AvgIpc) is 3.44. The number of hydrogen-bond acceptors (Lipinski definition) is 3. The number of hydrogen-bond donors (Lipinski definition) is 1. The van der Waals surface area contributed by atoms with E-state index in [4.69, 9.17) is 4.74 Å². The van der Waals surface area contributed by atoms with Gasteiger partial charge in [-0.15, -0.1) is 0 Å². The predicted molar refractivity (Wildman–Crippen MR) is 97.5 cm³/mol. The second-order valence-corrected chi connectivity index (χ2v) is 6.58. The Balaban J connectivity index is 1.63. The number of urea groups is 1. The van der Waals surface area contributed by atoms with Gasteiger partial charge in [-0.2, -0.15) is 0 Å². The lowest BCUT2D eigenvalue weighted by molar-refractivity contribution is 0.194. The fourth-order valence-electron chi connectivity index (χ4n) is 2.73. The summed E-state index contributed by atoms with van der Waals surface area (Å²) in [5.41, 5.74) is 0.744. The number of carbonyl (C=O) groups is 1. The minimum Gasteiger partial charge on any atom is -0.439 e. The highest BCUT2D eigenvalue weighted by atomic mass is 19.1. The summed E-state index contributed by atoms with van der Waals surface area (Å²) in [6.07, 6.45) is 4.96. The van der Waals surface area contributed by atoms with Crippen LogP contribution in [0.25, 0.3) is 0 Å². The highest BCUT2D eigenvalue weighted by Crippen LogP contribution is 2.30. The molecule has 0 spiro atoms. The van der Waals surface area contributed by atoms with E-state index in [-0.39, 0.29) is 11.8 Å². The van der Waals surface area contributed by atoms with E-state index in [9.17, 15) is 9.18 Å². The van der Waals surface area contributed by atoms with Crippen molar-refractivity contribution in [1.29, 1.82) is 0 Å². The molecule has 1 N–H and O–H groups in total. The summed E-state index contributed by atoms with van der Waals surface area (Å²) < 4.78 is 19.0. The summed E-state index contributed by atoms with van der Waals surface area (Å²) in [7, 11) is 0. The molecule has 1 aromatic carbocycles. The van der Waals surface area contributed by atoms with Crippen LogP contribution >= 0.6 is 0 Å². The number of ether oxygens (including phenoxy) is 1. The van der Waals surface area contributed by atoms with Crippen LogP contribution in [0.1, 0.15) is 31.7 Å². The van der Waals surface area contributed by atoms with Gasteiger partial charge in [0.2, 0.25) is 5.88 Å². The highest BCUT2D eigenvalue weighted by molar-refractivity contribution is 5.74. The van der Waals surface area contributed by atoms with Crippen molar-refractivity contribution < 1.29 is 13.9 Å². The van der Waals surface area contributed by atoms with Crippen LogP contribution in [-0.4, -0.2) is 29.0 Å². The van der Waals surface area contributed by atoms with Crippen LogP contribution in [-0.2, 0) is 6.54 Å². The van der Waals surface area contributed by atoms with E-state index >= 15 is 0 Å². The molecule has 1 saturated carbocycles. The molecule has 0 bridgehead atoms. The van der Waals surface area contributed by atoms with E-state index in [1.54, 1.807) is 24.4 Å². The van der Waals surface area contributed by atoms with Crippen molar-refractivity contribution in [3.8, 4) is 11.6 Å². The molecule has 5 nitrogen and oxygen atoms in total. The first-order valence-corrected chi connectivity index (χ1v) is 9.05. The summed E-state index contributed by atoms with van der Waals surface area (Å²) in [5, 5.41) is 2.95. The molecule has 1 fully saturated rings. The highest BCUT2D eigenvalue weighted by Gasteiger charge is 2.26. The van der Waals surface area contributed by atoms with Crippen LogP contribution in [0, 0.1) is 11.7 Å². The first kappa shape index (κ1) is 18.2. The Morgan fingerprint density at radius 1 is 1.35 bits per heavy atom. The van der Waals surface area contributed by atoms with Gasteiger partial charge in [-0.3, -0.25) is 0 Å². The number of halogens is 1. The quantitative estimate of drug-likeness (QED) is 0.764. The largest absolute Gasteiger partial charge is 0.439 e. The molecule has 1 aliphatic carbocycles. The average molecular weight is 357 g/mol. The number of carbonyl (C=O) groups excluding carboxylic acids is 1. The topological polar surface area (TPSA) is 54.5 Å². The van der Waals surface area contributed by atoms with Crippen molar-refractivity contribution in [3.63, 3.8) is 0 Å². The van der Waals surface area contributed by atoms with Gasteiger partial charge in [0, 0.05) is 37.5 Å². The molecule has 1 aliphatic rings. The molecule has 0 radical (unpaired) electrons. The SMILES string of the molecule is CCCN(CC1CC1)C(=O)NCc1cccnc1Oc1cccc(F)c1. The maximum atomic E-state index is 13.3. The van der Waals surface area contributed by atoms with Gasteiger partial charge in [0.25, 0.3) is 0 Å². The van der Waals surface area contributed by atoms with E-state index < -0.39 is 0 Å². The van der Waals surface area contributed by atoms with E-state index in [0.29, 0.717) is 24.1 Å². The van der Waals surface area contributed by atoms with Crippen LogP contribution in [0.5, 0.6) is 11.6 Å². The van der Waals surface area contributed by atoms with Crippen LogP contribution in [0.15, 0.2) is 42.6 Å². The number of amides is 2. The van der Waals surface area contributed by atoms with Crippen molar-refractivity contribution >= 4 is 6.03 Å². The Morgan fingerprint density at radius 3 is 2.92 bits per heavy atom. The van der Waals surface area contributed by atoms with Crippen LogP contribution < -0.4 is 10.1 Å². The number of nitrogens with one attached hydrogen (secondary N) is 1. The number of benzene rings is 1. The van der Waals surface area contributed by atoms with E-state index in [1.165, 1.54) is 25.0 Å². The van der Waals surface area contributed by atoms with Crippen LogP contribution in [0.4, 0.5) is 9.18 Å². The standard InChI is InChI=1S/C20H24FN3O2/c1-2-11-24(14-15-8-9-15)20(25)23-13-16-5-4-10-22-19(16)26-18-7-3-6-17(21)12-18/h3-7,10,12,15H,2,8-9,11,13-14H2,1H3,(H,23,25). The van der Waals surface area contributed by atoms with E-state index in [1.807, 2.05) is 11.0 Å². The molecule has 0 aliphatic heterocycles. The van der Waals surface area contributed by atoms with Crippen molar-refractivity contribution in [2.24, 2.45) is 5.92 Å². The molecule has 1 aromatic heterocycles. The lowest BCUT2D eigenvalue weighted by atomic mass is 10.2. The van der Waals surface area contributed by atoms with Gasteiger partial charge < -0.3 is 15.0 Å². The summed E-state index contributed by atoms with van der Waals surface area (Å²) in [6.45, 7) is 3.95. The fourth-order valence-corrected chi connectivity index (χ4v) is 2.73. The van der Waals surface area contributed by atoms with Crippen molar-refractivity contribution in [2.75, 3.05) is 13.1 Å². The Labute approximate surface area is 153 Å². The molecule has 0 atom stereocenters. The minimum atomic E-state index is -0.372. The molecular formula is C20H24FN3O2. The van der Waals surface area contributed by atoms with Crippen molar-refractivity contribution in [3.05, 3.63) is 54.0 Å². The zero-order chi connectivity index (χ0) is 18.4. The number of aromatic nitrogens is 1. The molecule has 0 unspecified atom stereocenters. The molecule has 2 aromatic rings. The first-order chi connectivity index (χ1) is 12.7. The molecular weight excluding hydrogens is 333 g/mol. The Bertz CT molecular complexity index is 749. The van der Waals surface area contributed by atoms with E-state index in [2.05, 4.69) is 17.2 Å². The third-order valence-electron chi connectivity index (χ3n) is 4.25. The third-order valence-corrected chi connectivity index (χ3v) is 4.25. The Morgan fingerprint density at radius 2 is 2.19 bits per heavy atom. The first-order valence-electron chi connectivity index (χ1n) is 9.05. The fraction of sp³-hybridized carbons (Fsp3) is 0.400. The second-order valence-electron chi connectivity index (χ2n) is 6.58. The summed E-state index contributed by atoms with van der Waals surface area (Å²) in [6, 6.07) is 9.46. The molecule has 0 saturated heterocycles. The summed E-state index contributed by atoms with van der Waals surface area (Å²) in [5.74, 6) is 1.02. The molecule has 1 heterocycles. The number of nitrogens with zero attached hydrogens (tertiary/aromatic N) is 2. The lowest BCUT2D eigenvalue weighted by Crippen LogP contribution is -2.41. The molecule has 2 amide bonds. The maximum Gasteiger partial charge on any atom is 0.317 e. The van der Waals surface area contributed by atoms with Gasteiger partial charge in [0.1, 0.15) is 11.6 Å². The number of pyridine rings is 1. The van der Waals surface area contributed by atoms with Crippen molar-refractivity contribution in [1.82, 2.24) is 15.2 Å².